The Morgan fingerprint density at radius 2 is 2.23 bits per heavy atom. The third-order valence-electron chi connectivity index (χ3n) is 1.98. The molecular weight excluding hydrogens is 180 g/mol. The van der Waals surface area contributed by atoms with Crippen LogP contribution in [0.15, 0.2) is 29.2 Å². The van der Waals surface area contributed by atoms with Crippen molar-refractivity contribution in [3.8, 4) is 0 Å². The fraction of sp³-hybridized carbons (Fsp3) is 0.455. The highest BCUT2D eigenvalue weighted by Gasteiger charge is 1.98. The van der Waals surface area contributed by atoms with E-state index in [0.29, 0.717) is 0 Å². The summed E-state index contributed by atoms with van der Waals surface area (Å²) < 4.78 is 0. The second-order valence-electron chi connectivity index (χ2n) is 3.24. The Morgan fingerprint density at radius 3 is 2.85 bits per heavy atom. The van der Waals surface area contributed by atoms with E-state index in [-0.39, 0.29) is 6.10 Å². The lowest BCUT2D eigenvalue weighted by molar-refractivity contribution is 0.185. The van der Waals surface area contributed by atoms with E-state index in [1.54, 1.807) is 11.8 Å². The van der Waals surface area contributed by atoms with Crippen LogP contribution in [0.4, 0.5) is 0 Å². The maximum atomic E-state index is 9.13. The lowest BCUT2D eigenvalue weighted by Crippen LogP contribution is -2.01. The van der Waals surface area contributed by atoms with Crippen LogP contribution in [0, 0.1) is 0 Å². The van der Waals surface area contributed by atoms with Crippen LogP contribution < -0.4 is 0 Å². The minimum atomic E-state index is -0.196. The van der Waals surface area contributed by atoms with Gasteiger partial charge in [-0.2, -0.15) is 0 Å². The molecule has 1 rings (SSSR count). The third-order valence-corrected chi connectivity index (χ3v) is 2.71. The van der Waals surface area contributed by atoms with Crippen molar-refractivity contribution in [3.63, 3.8) is 0 Å². The second-order valence-corrected chi connectivity index (χ2v) is 4.12. The molecule has 1 atom stereocenters. The summed E-state index contributed by atoms with van der Waals surface area (Å²) in [6, 6.07) is 8.48. The maximum absolute atomic E-state index is 9.13. The van der Waals surface area contributed by atoms with E-state index in [1.807, 2.05) is 6.92 Å². The van der Waals surface area contributed by atoms with Crippen LogP contribution in [0.3, 0.4) is 0 Å². The smallest absolute Gasteiger partial charge is 0.0515 e. The fourth-order valence-corrected chi connectivity index (χ4v) is 1.69. The van der Waals surface area contributed by atoms with Gasteiger partial charge in [0.05, 0.1) is 6.10 Å². The average molecular weight is 196 g/mol. The van der Waals surface area contributed by atoms with E-state index in [4.69, 9.17) is 5.11 Å². The molecule has 1 nitrogen and oxygen atoms in total. The zero-order valence-electron chi connectivity index (χ0n) is 8.16. The molecule has 0 aliphatic carbocycles. The molecule has 2 heteroatoms. The zero-order chi connectivity index (χ0) is 9.68. The van der Waals surface area contributed by atoms with Gasteiger partial charge in [-0.15, -0.1) is 11.8 Å². The molecule has 0 aromatic heterocycles. The van der Waals surface area contributed by atoms with Gasteiger partial charge in [-0.25, -0.2) is 0 Å². The summed E-state index contributed by atoms with van der Waals surface area (Å²) in [5, 5.41) is 9.13. The number of aliphatic hydroxyl groups excluding tert-OH is 1. The highest BCUT2D eigenvalue weighted by atomic mass is 32.2. The summed E-state index contributed by atoms with van der Waals surface area (Å²) in [5.74, 6) is 0. The van der Waals surface area contributed by atoms with Crippen molar-refractivity contribution in [3.05, 3.63) is 29.8 Å². The minimum absolute atomic E-state index is 0.196. The Morgan fingerprint density at radius 1 is 1.46 bits per heavy atom. The number of aliphatic hydroxyl groups is 1. The van der Waals surface area contributed by atoms with Crippen LogP contribution in [-0.4, -0.2) is 17.5 Å². The number of aryl methyl sites for hydroxylation is 1. The zero-order valence-corrected chi connectivity index (χ0v) is 8.97. The Balaban J connectivity index is 2.56. The number of hydrogen-bond acceptors (Lipinski definition) is 2. The fourth-order valence-electron chi connectivity index (χ4n) is 1.20. The highest BCUT2D eigenvalue weighted by molar-refractivity contribution is 7.98. The van der Waals surface area contributed by atoms with Gasteiger partial charge >= 0.3 is 0 Å². The van der Waals surface area contributed by atoms with Crippen molar-refractivity contribution < 1.29 is 5.11 Å². The third kappa shape index (κ3) is 3.83. The molecule has 13 heavy (non-hydrogen) atoms. The summed E-state index contributed by atoms with van der Waals surface area (Å²) >= 11 is 1.75. The van der Waals surface area contributed by atoms with Crippen molar-refractivity contribution in [2.75, 3.05) is 6.26 Å². The topological polar surface area (TPSA) is 20.2 Å². The molecular formula is C11H16OS. The van der Waals surface area contributed by atoms with Crippen molar-refractivity contribution in [2.24, 2.45) is 0 Å². The average Bonchev–Trinajstić information content (AvgIpc) is 2.15. The number of rotatable bonds is 4. The molecule has 0 fully saturated rings. The van der Waals surface area contributed by atoms with E-state index in [9.17, 15) is 0 Å². The molecule has 0 bridgehead atoms. The molecule has 1 aromatic carbocycles. The van der Waals surface area contributed by atoms with Gasteiger partial charge in [0.1, 0.15) is 0 Å². The first kappa shape index (κ1) is 10.6. The van der Waals surface area contributed by atoms with Gasteiger partial charge in [-0.3, -0.25) is 0 Å². The van der Waals surface area contributed by atoms with Gasteiger partial charge in [-0.05, 0) is 43.7 Å². The van der Waals surface area contributed by atoms with Gasteiger partial charge in [0.2, 0.25) is 0 Å². The minimum Gasteiger partial charge on any atom is -0.393 e. The molecule has 72 valence electrons. The molecule has 1 aromatic rings. The van der Waals surface area contributed by atoms with E-state index in [2.05, 4.69) is 30.5 Å². The van der Waals surface area contributed by atoms with Crippen LogP contribution in [0.5, 0.6) is 0 Å². The molecule has 0 aliphatic heterocycles. The van der Waals surface area contributed by atoms with E-state index in [1.165, 1.54) is 10.5 Å². The summed E-state index contributed by atoms with van der Waals surface area (Å²) in [6.07, 6.45) is 3.69. The van der Waals surface area contributed by atoms with Crippen molar-refractivity contribution in [1.29, 1.82) is 0 Å². The standard InChI is InChI=1S/C11H16OS/c1-9(12)6-7-10-4-3-5-11(8-10)13-2/h3-5,8-9,12H,6-7H2,1-2H3/t9-/m0/s1. The molecule has 0 heterocycles. The number of benzene rings is 1. The first-order valence-electron chi connectivity index (χ1n) is 4.53. The number of hydrogen-bond donors (Lipinski definition) is 1. The Bertz CT molecular complexity index is 258. The van der Waals surface area contributed by atoms with E-state index < -0.39 is 0 Å². The predicted molar refractivity (Wildman–Crippen MR) is 58.2 cm³/mol. The second kappa shape index (κ2) is 5.30. The van der Waals surface area contributed by atoms with Gasteiger partial charge in [0.25, 0.3) is 0 Å². The first-order chi connectivity index (χ1) is 6.22. The summed E-state index contributed by atoms with van der Waals surface area (Å²) in [4.78, 5) is 1.29. The molecule has 0 saturated carbocycles. The molecule has 0 spiro atoms. The highest BCUT2D eigenvalue weighted by Crippen LogP contribution is 2.16. The lowest BCUT2D eigenvalue weighted by atomic mass is 10.1. The van der Waals surface area contributed by atoms with Crippen LogP contribution in [0.1, 0.15) is 18.9 Å². The van der Waals surface area contributed by atoms with Gasteiger partial charge < -0.3 is 5.11 Å². The van der Waals surface area contributed by atoms with Crippen LogP contribution in [0.2, 0.25) is 0 Å². The van der Waals surface area contributed by atoms with Gasteiger partial charge in [0, 0.05) is 4.90 Å². The summed E-state index contributed by atoms with van der Waals surface area (Å²) in [5.41, 5.74) is 1.31. The summed E-state index contributed by atoms with van der Waals surface area (Å²) in [7, 11) is 0. The quantitative estimate of drug-likeness (QED) is 0.747. The monoisotopic (exact) mass is 196 g/mol. The van der Waals surface area contributed by atoms with Crippen LogP contribution in [-0.2, 0) is 6.42 Å². The van der Waals surface area contributed by atoms with Crippen molar-refractivity contribution in [1.82, 2.24) is 0 Å². The molecule has 0 saturated heterocycles. The van der Waals surface area contributed by atoms with Crippen molar-refractivity contribution in [2.45, 2.75) is 30.8 Å². The SMILES string of the molecule is CSc1cccc(CC[C@H](C)O)c1. The Kier molecular flexibility index (Phi) is 4.33. The predicted octanol–water partition coefficient (Wildman–Crippen LogP) is 2.72. The maximum Gasteiger partial charge on any atom is 0.0515 e. The number of thioether (sulfide) groups is 1. The normalized spacial score (nSPS) is 12.8. The Labute approximate surface area is 84.2 Å². The molecule has 1 N–H and O–H groups in total. The lowest BCUT2D eigenvalue weighted by Gasteiger charge is -2.05. The first-order valence-corrected chi connectivity index (χ1v) is 5.76. The van der Waals surface area contributed by atoms with E-state index >= 15 is 0 Å². The van der Waals surface area contributed by atoms with Crippen molar-refractivity contribution >= 4 is 11.8 Å². The largest absolute Gasteiger partial charge is 0.393 e. The molecule has 0 radical (unpaired) electrons. The van der Waals surface area contributed by atoms with Gasteiger partial charge in [0.15, 0.2) is 0 Å². The molecule has 0 unspecified atom stereocenters. The van der Waals surface area contributed by atoms with Crippen LogP contribution >= 0.6 is 11.8 Å². The Hall–Kier alpha value is -0.470. The summed E-state index contributed by atoms with van der Waals surface area (Å²) in [6.45, 7) is 1.83. The molecule has 0 aliphatic rings. The van der Waals surface area contributed by atoms with Gasteiger partial charge in [-0.1, -0.05) is 12.1 Å². The molecule has 0 amide bonds. The van der Waals surface area contributed by atoms with E-state index in [0.717, 1.165) is 12.8 Å². The van der Waals surface area contributed by atoms with Crippen LogP contribution in [0.25, 0.3) is 0 Å².